The van der Waals surface area contributed by atoms with Gasteiger partial charge in [0, 0.05) is 45.6 Å². The van der Waals surface area contributed by atoms with Crippen LogP contribution >= 0.6 is 0 Å². The minimum absolute atomic E-state index is 0.136. The summed E-state index contributed by atoms with van der Waals surface area (Å²) in [4.78, 5) is 40.7. The number of amides is 2. The predicted molar refractivity (Wildman–Crippen MR) is 155 cm³/mol. The number of aromatic nitrogens is 3. The first-order valence-electron chi connectivity index (χ1n) is 13.9. The first-order chi connectivity index (χ1) is 20.6. The molecule has 0 bridgehead atoms. The molecule has 2 aromatic carbocycles. The molecule has 1 aliphatic heterocycles. The van der Waals surface area contributed by atoms with Crippen molar-refractivity contribution in [3.05, 3.63) is 83.8 Å². The molecule has 1 unspecified atom stereocenters. The van der Waals surface area contributed by atoms with Crippen molar-refractivity contribution in [2.24, 2.45) is 0 Å². The van der Waals surface area contributed by atoms with Gasteiger partial charge < -0.3 is 19.2 Å². The Balaban J connectivity index is 1.23. The number of benzene rings is 2. The summed E-state index contributed by atoms with van der Waals surface area (Å²) in [5, 5.41) is 11.8. The van der Waals surface area contributed by atoms with E-state index in [-0.39, 0.29) is 25.3 Å². The van der Waals surface area contributed by atoms with Crippen molar-refractivity contribution in [1.82, 2.24) is 25.0 Å². The molecule has 3 aromatic heterocycles. The number of aryl methyl sites for hydroxylation is 1. The number of carbonyl (C=O) groups is 3. The van der Waals surface area contributed by atoms with Crippen molar-refractivity contribution in [1.29, 1.82) is 0 Å². The summed E-state index contributed by atoms with van der Waals surface area (Å²) >= 11 is 0. The van der Waals surface area contributed by atoms with E-state index in [1.807, 2.05) is 24.3 Å². The lowest BCUT2D eigenvalue weighted by Gasteiger charge is -2.25. The number of likely N-dealkylation sites (tertiary alicyclic amines) is 1. The molecule has 220 valence electrons. The van der Waals surface area contributed by atoms with Gasteiger partial charge in [0.15, 0.2) is 5.78 Å². The number of Topliss-reactive ketones (excluding diaryl/α,β-unsaturated/α-hetero) is 1. The summed E-state index contributed by atoms with van der Waals surface area (Å²) in [7, 11) is 0. The molecule has 1 fully saturated rings. The summed E-state index contributed by atoms with van der Waals surface area (Å²) in [6, 6.07) is 9.93. The molecule has 1 saturated heterocycles. The van der Waals surface area contributed by atoms with E-state index in [4.69, 9.17) is 4.42 Å². The highest BCUT2D eigenvalue weighted by Gasteiger charge is 2.40. The van der Waals surface area contributed by atoms with E-state index < -0.39 is 35.9 Å². The molecular weight excluding hydrogens is 556 g/mol. The molecule has 0 saturated carbocycles. The molecule has 1 N–H and O–H groups in total. The maximum atomic E-state index is 14.7. The van der Waals surface area contributed by atoms with Gasteiger partial charge in [-0.3, -0.25) is 14.4 Å². The fraction of sp³-hybridized carbons (Fsp3) is 0.281. The van der Waals surface area contributed by atoms with Crippen molar-refractivity contribution in [3.8, 4) is 11.1 Å². The second-order valence-corrected chi connectivity index (χ2v) is 10.9. The van der Waals surface area contributed by atoms with Crippen molar-refractivity contribution in [2.75, 3.05) is 6.54 Å². The number of hydrogen-bond acceptors (Lipinski definition) is 6. The van der Waals surface area contributed by atoms with Gasteiger partial charge in [-0.05, 0) is 62.7 Å². The zero-order valence-corrected chi connectivity index (χ0v) is 23.8. The van der Waals surface area contributed by atoms with E-state index in [1.165, 1.54) is 30.0 Å². The molecular formula is C32H29F2N5O4. The molecule has 5 aromatic rings. The second kappa shape index (κ2) is 11.0. The van der Waals surface area contributed by atoms with Crippen LogP contribution in [0.15, 0.2) is 65.5 Å². The first kappa shape index (κ1) is 28.2. The van der Waals surface area contributed by atoms with Crippen LogP contribution in [-0.2, 0) is 16.1 Å². The lowest BCUT2D eigenvalue weighted by atomic mass is 10.0. The Labute approximate surface area is 245 Å². The number of ketones is 1. The van der Waals surface area contributed by atoms with Gasteiger partial charge in [0.05, 0.1) is 25.0 Å². The Morgan fingerprint density at radius 3 is 2.65 bits per heavy atom. The topological polar surface area (TPSA) is 110 Å². The Kier molecular flexibility index (Phi) is 7.25. The van der Waals surface area contributed by atoms with Gasteiger partial charge in [0.2, 0.25) is 11.8 Å². The number of furan rings is 1. The minimum atomic E-state index is -1.36. The Morgan fingerprint density at radius 2 is 1.91 bits per heavy atom. The Hall–Kier alpha value is -4.93. The summed E-state index contributed by atoms with van der Waals surface area (Å²) in [6.45, 7) is 4.56. The maximum absolute atomic E-state index is 14.7. The van der Waals surface area contributed by atoms with Crippen LogP contribution in [0.2, 0.25) is 0 Å². The van der Waals surface area contributed by atoms with Gasteiger partial charge in [0.25, 0.3) is 0 Å². The third-order valence-corrected chi connectivity index (χ3v) is 8.04. The molecule has 11 heteroatoms. The number of alkyl halides is 1. The van der Waals surface area contributed by atoms with Gasteiger partial charge in [-0.15, -0.1) is 0 Å². The van der Waals surface area contributed by atoms with Crippen molar-refractivity contribution >= 4 is 39.5 Å². The minimum Gasteiger partial charge on any atom is -0.459 e. The predicted octanol–water partition coefficient (Wildman–Crippen LogP) is 5.31. The quantitative estimate of drug-likeness (QED) is 0.259. The zero-order chi connectivity index (χ0) is 30.4. The number of rotatable bonds is 7. The highest BCUT2D eigenvalue weighted by molar-refractivity contribution is 6.08. The van der Waals surface area contributed by atoms with Crippen LogP contribution in [0.4, 0.5) is 8.78 Å². The molecule has 3 atom stereocenters. The molecule has 43 heavy (non-hydrogen) atoms. The van der Waals surface area contributed by atoms with E-state index in [0.717, 1.165) is 11.1 Å². The lowest BCUT2D eigenvalue weighted by molar-refractivity contribution is -0.139. The molecule has 9 nitrogen and oxygen atoms in total. The molecule has 1 aliphatic rings. The lowest BCUT2D eigenvalue weighted by Crippen LogP contribution is -2.47. The molecule has 0 spiro atoms. The number of fused-ring (bicyclic) bond motifs is 2. The van der Waals surface area contributed by atoms with Gasteiger partial charge in [-0.2, -0.15) is 10.2 Å². The number of nitrogens with zero attached hydrogens (tertiary/aromatic N) is 4. The third-order valence-electron chi connectivity index (χ3n) is 8.04. The van der Waals surface area contributed by atoms with Crippen LogP contribution in [0.25, 0.3) is 33.0 Å². The van der Waals surface area contributed by atoms with Gasteiger partial charge in [0.1, 0.15) is 35.9 Å². The first-order valence-corrected chi connectivity index (χ1v) is 13.9. The standard InChI is InChI=1S/C32H29F2N5O4/c1-17-24-11-22(33)5-7-29(24)43-31(17)18(2)37-32(42)28-12-23(34)14-39(28)30(41)16-38-15-26(19(3)40)25-10-20(4-6-27(25)38)21-8-9-35-36-13-21/h4-11,13,15,18,23,28H,12,14,16H2,1-3H3,(H,37,42)/t18?,23-,28+/m1/s1. The summed E-state index contributed by atoms with van der Waals surface area (Å²) in [6.07, 6.45) is 3.32. The van der Waals surface area contributed by atoms with Gasteiger partial charge in [-0.1, -0.05) is 6.07 Å². The van der Waals surface area contributed by atoms with Gasteiger partial charge in [-0.25, -0.2) is 8.78 Å². The van der Waals surface area contributed by atoms with Crippen LogP contribution in [0.3, 0.4) is 0 Å². The summed E-state index contributed by atoms with van der Waals surface area (Å²) < 4.78 is 36.0. The van der Waals surface area contributed by atoms with E-state index in [9.17, 15) is 23.2 Å². The van der Waals surface area contributed by atoms with E-state index in [0.29, 0.717) is 38.8 Å². The molecule has 6 rings (SSSR count). The number of hydrogen-bond donors (Lipinski definition) is 1. The van der Waals surface area contributed by atoms with Crippen LogP contribution in [0.5, 0.6) is 0 Å². The summed E-state index contributed by atoms with van der Waals surface area (Å²) in [5.41, 5.74) is 3.95. The highest BCUT2D eigenvalue weighted by atomic mass is 19.1. The van der Waals surface area contributed by atoms with Crippen LogP contribution < -0.4 is 5.32 Å². The molecule has 2 amide bonds. The Morgan fingerprint density at radius 1 is 1.09 bits per heavy atom. The number of halogens is 2. The van der Waals surface area contributed by atoms with E-state index >= 15 is 0 Å². The summed E-state index contributed by atoms with van der Waals surface area (Å²) in [5.74, 6) is -1.06. The number of carbonyl (C=O) groups excluding carboxylic acids is 3. The largest absolute Gasteiger partial charge is 0.459 e. The van der Waals surface area contributed by atoms with E-state index in [1.54, 1.807) is 37.0 Å². The number of nitrogens with one attached hydrogen (secondary N) is 1. The molecule has 0 aliphatic carbocycles. The third kappa shape index (κ3) is 5.26. The van der Waals surface area contributed by atoms with Crippen molar-refractivity contribution in [3.63, 3.8) is 0 Å². The fourth-order valence-corrected chi connectivity index (χ4v) is 5.90. The normalized spacial score (nSPS) is 17.5. The average Bonchev–Trinajstić information content (AvgIpc) is 3.66. The molecule has 0 radical (unpaired) electrons. The average molecular weight is 586 g/mol. The molecule has 4 heterocycles. The van der Waals surface area contributed by atoms with Crippen molar-refractivity contribution < 1.29 is 27.6 Å². The monoisotopic (exact) mass is 585 g/mol. The SMILES string of the molecule is CC(=O)c1cn(CC(=O)N2C[C@H](F)C[C@H]2C(=O)NC(C)c2oc3ccc(F)cc3c2C)c2ccc(-c3ccnnc3)cc12. The maximum Gasteiger partial charge on any atom is 0.243 e. The van der Waals surface area contributed by atoms with Crippen LogP contribution in [0, 0.1) is 12.7 Å². The van der Waals surface area contributed by atoms with Crippen LogP contribution in [-0.4, -0.2) is 56.0 Å². The van der Waals surface area contributed by atoms with E-state index in [2.05, 4.69) is 15.5 Å². The van der Waals surface area contributed by atoms with Crippen LogP contribution in [0.1, 0.15) is 48.0 Å². The van der Waals surface area contributed by atoms with Crippen molar-refractivity contribution in [2.45, 2.75) is 52.0 Å². The smallest absolute Gasteiger partial charge is 0.243 e. The highest BCUT2D eigenvalue weighted by Crippen LogP contribution is 2.32. The Bertz CT molecular complexity index is 1880. The van der Waals surface area contributed by atoms with Gasteiger partial charge >= 0.3 is 0 Å². The fourth-order valence-electron chi connectivity index (χ4n) is 5.90. The second-order valence-electron chi connectivity index (χ2n) is 10.9. The zero-order valence-electron chi connectivity index (χ0n) is 23.8.